The molecule has 0 aromatic heterocycles. The Morgan fingerprint density at radius 2 is 1.90 bits per heavy atom. The molecule has 0 spiro atoms. The number of allylic oxidation sites excluding steroid dienone is 4. The van der Waals surface area contributed by atoms with Crippen LogP contribution in [0.25, 0.3) is 0 Å². The van der Waals surface area contributed by atoms with E-state index < -0.39 is 17.4 Å². The lowest BCUT2D eigenvalue weighted by Crippen LogP contribution is -2.56. The number of rotatable bonds is 6. The highest BCUT2D eigenvalue weighted by Crippen LogP contribution is 2.32. The quantitative estimate of drug-likeness (QED) is 0.730. The maximum absolute atomic E-state index is 12.9. The van der Waals surface area contributed by atoms with Gasteiger partial charge in [-0.2, -0.15) is 0 Å². The van der Waals surface area contributed by atoms with Gasteiger partial charge in [-0.15, -0.1) is 0 Å². The Balaban J connectivity index is 1.43. The van der Waals surface area contributed by atoms with E-state index in [1.807, 2.05) is 30.3 Å². The third kappa shape index (κ3) is 4.17. The van der Waals surface area contributed by atoms with E-state index >= 15 is 0 Å². The molecular formula is C24H25NO5. The first kappa shape index (κ1) is 20.0. The minimum atomic E-state index is -1.15. The summed E-state index contributed by atoms with van der Waals surface area (Å²) in [5.41, 5.74) is 2.15. The summed E-state index contributed by atoms with van der Waals surface area (Å²) in [6.07, 6.45) is 12.4. The van der Waals surface area contributed by atoms with E-state index in [0.29, 0.717) is 25.0 Å². The van der Waals surface area contributed by atoms with E-state index in [0.717, 1.165) is 24.0 Å². The van der Waals surface area contributed by atoms with Crippen molar-refractivity contribution in [3.05, 3.63) is 83.2 Å². The van der Waals surface area contributed by atoms with Gasteiger partial charge in [-0.25, -0.2) is 4.79 Å². The van der Waals surface area contributed by atoms with Gasteiger partial charge in [-0.1, -0.05) is 48.1 Å². The van der Waals surface area contributed by atoms with Gasteiger partial charge in [0, 0.05) is 19.3 Å². The predicted molar refractivity (Wildman–Crippen MR) is 111 cm³/mol. The van der Waals surface area contributed by atoms with E-state index in [9.17, 15) is 9.59 Å². The molecule has 0 unspecified atom stereocenters. The van der Waals surface area contributed by atoms with Gasteiger partial charge in [0.15, 0.2) is 0 Å². The summed E-state index contributed by atoms with van der Waals surface area (Å²) >= 11 is 0. The molecule has 1 aliphatic heterocycles. The summed E-state index contributed by atoms with van der Waals surface area (Å²) < 4.78 is 16.4. The van der Waals surface area contributed by atoms with E-state index in [4.69, 9.17) is 14.2 Å². The maximum Gasteiger partial charge on any atom is 0.332 e. The Hall–Kier alpha value is -3.28. The minimum absolute atomic E-state index is 0.0101. The van der Waals surface area contributed by atoms with Crippen LogP contribution in [-0.2, 0) is 36.6 Å². The molecule has 1 aromatic rings. The van der Waals surface area contributed by atoms with Crippen LogP contribution in [0.2, 0.25) is 0 Å². The Morgan fingerprint density at radius 3 is 2.50 bits per heavy atom. The van der Waals surface area contributed by atoms with Gasteiger partial charge in [-0.3, -0.25) is 4.79 Å². The summed E-state index contributed by atoms with van der Waals surface area (Å²) in [6.45, 7) is 1.99. The fourth-order valence-corrected chi connectivity index (χ4v) is 3.97. The maximum atomic E-state index is 12.9. The Bertz CT molecular complexity index is 945. The van der Waals surface area contributed by atoms with Crippen LogP contribution in [0.15, 0.2) is 72.1 Å². The number of amides is 1. The molecule has 1 amide bonds. The molecule has 0 saturated carbocycles. The summed E-state index contributed by atoms with van der Waals surface area (Å²) in [5.74, 6) is -0.302. The average molecular weight is 407 g/mol. The summed E-state index contributed by atoms with van der Waals surface area (Å²) in [4.78, 5) is 25.6. The van der Waals surface area contributed by atoms with Gasteiger partial charge >= 0.3 is 5.97 Å². The zero-order valence-electron chi connectivity index (χ0n) is 17.0. The molecule has 4 rings (SSSR count). The Labute approximate surface area is 175 Å². The fourth-order valence-electron chi connectivity index (χ4n) is 3.97. The standard InChI is InChI=1S/C24H25NO5/c1-2-28-23(27)24(13-18-10-6-7-11-19(18)14-24)25-22(26)21-16-29-20(15-30-21)12-17-8-4-3-5-9-17/h3-4,6-8,10-11,15-16H,2,5,9,12-14H2,1H3,(H,25,26). The van der Waals surface area contributed by atoms with Gasteiger partial charge in [0.1, 0.15) is 23.8 Å². The minimum Gasteiger partial charge on any atom is -0.464 e. The summed E-state index contributed by atoms with van der Waals surface area (Å²) in [5, 5.41) is 2.85. The monoisotopic (exact) mass is 407 g/mol. The number of fused-ring (bicyclic) bond motifs is 1. The zero-order valence-corrected chi connectivity index (χ0v) is 17.0. The number of carbonyl (C=O) groups excluding carboxylic acids is 2. The summed E-state index contributed by atoms with van der Waals surface area (Å²) in [7, 11) is 0. The lowest BCUT2D eigenvalue weighted by Gasteiger charge is -2.28. The smallest absolute Gasteiger partial charge is 0.332 e. The molecule has 0 bridgehead atoms. The molecule has 30 heavy (non-hydrogen) atoms. The van der Waals surface area contributed by atoms with Crippen molar-refractivity contribution in [1.29, 1.82) is 0 Å². The average Bonchev–Trinajstić information content (AvgIpc) is 3.14. The molecule has 156 valence electrons. The van der Waals surface area contributed by atoms with Crippen LogP contribution in [0.1, 0.15) is 37.3 Å². The van der Waals surface area contributed by atoms with Crippen molar-refractivity contribution in [3.8, 4) is 0 Å². The molecule has 0 radical (unpaired) electrons. The molecule has 1 heterocycles. The molecule has 0 fully saturated rings. The van der Waals surface area contributed by atoms with Crippen molar-refractivity contribution >= 4 is 11.9 Å². The second kappa shape index (κ2) is 8.61. The topological polar surface area (TPSA) is 73.9 Å². The van der Waals surface area contributed by atoms with Crippen molar-refractivity contribution in [2.24, 2.45) is 0 Å². The SMILES string of the molecule is CCOC(=O)C1(NC(=O)C2=COC(CC3=CC=CCC3)=CO2)Cc2ccccc2C1. The normalized spacial score (nSPS) is 18.8. The highest BCUT2D eigenvalue weighted by atomic mass is 16.5. The third-order valence-electron chi connectivity index (χ3n) is 5.48. The zero-order chi connectivity index (χ0) is 21.0. The first-order chi connectivity index (χ1) is 14.6. The van der Waals surface area contributed by atoms with E-state index in [1.54, 1.807) is 6.92 Å². The molecule has 1 N–H and O–H groups in total. The number of hydrogen-bond donors (Lipinski definition) is 1. The van der Waals surface area contributed by atoms with Crippen molar-refractivity contribution in [3.63, 3.8) is 0 Å². The fraction of sp³-hybridized carbons (Fsp3) is 0.333. The molecule has 2 aliphatic carbocycles. The van der Waals surface area contributed by atoms with E-state index in [1.165, 1.54) is 18.1 Å². The van der Waals surface area contributed by atoms with Crippen LogP contribution in [-0.4, -0.2) is 24.0 Å². The van der Waals surface area contributed by atoms with Crippen molar-refractivity contribution in [1.82, 2.24) is 5.32 Å². The van der Waals surface area contributed by atoms with E-state index in [-0.39, 0.29) is 12.4 Å². The van der Waals surface area contributed by atoms with Crippen molar-refractivity contribution in [2.75, 3.05) is 6.61 Å². The number of carbonyl (C=O) groups is 2. The largest absolute Gasteiger partial charge is 0.464 e. The van der Waals surface area contributed by atoms with Crippen LogP contribution in [0.5, 0.6) is 0 Å². The van der Waals surface area contributed by atoms with Crippen LogP contribution in [0.3, 0.4) is 0 Å². The second-order valence-corrected chi connectivity index (χ2v) is 7.65. The second-order valence-electron chi connectivity index (χ2n) is 7.65. The lowest BCUT2D eigenvalue weighted by molar-refractivity contribution is -0.152. The molecule has 0 saturated heterocycles. The van der Waals surface area contributed by atoms with Crippen LogP contribution in [0.4, 0.5) is 0 Å². The number of nitrogens with one attached hydrogen (secondary N) is 1. The highest BCUT2D eigenvalue weighted by Gasteiger charge is 2.47. The van der Waals surface area contributed by atoms with Gasteiger partial charge in [0.2, 0.25) is 5.76 Å². The van der Waals surface area contributed by atoms with Gasteiger partial charge in [-0.05, 0) is 30.9 Å². The Kier molecular flexibility index (Phi) is 5.74. The molecule has 0 atom stereocenters. The van der Waals surface area contributed by atoms with Crippen LogP contribution in [0, 0.1) is 0 Å². The van der Waals surface area contributed by atoms with Gasteiger partial charge < -0.3 is 19.5 Å². The Morgan fingerprint density at radius 1 is 1.13 bits per heavy atom. The first-order valence-electron chi connectivity index (χ1n) is 10.2. The van der Waals surface area contributed by atoms with E-state index in [2.05, 4.69) is 17.5 Å². The molecule has 6 nitrogen and oxygen atoms in total. The summed E-state index contributed by atoms with van der Waals surface area (Å²) in [6, 6.07) is 7.77. The number of benzene rings is 1. The first-order valence-corrected chi connectivity index (χ1v) is 10.2. The molecule has 3 aliphatic rings. The van der Waals surface area contributed by atoms with Gasteiger partial charge in [0.05, 0.1) is 6.61 Å². The van der Waals surface area contributed by atoms with Crippen LogP contribution < -0.4 is 5.32 Å². The van der Waals surface area contributed by atoms with Gasteiger partial charge in [0.25, 0.3) is 5.91 Å². The lowest BCUT2D eigenvalue weighted by atomic mass is 9.95. The molecule has 1 aromatic carbocycles. The number of ether oxygens (including phenoxy) is 3. The number of hydrogen-bond acceptors (Lipinski definition) is 5. The van der Waals surface area contributed by atoms with Crippen molar-refractivity contribution < 1.29 is 23.8 Å². The molecular weight excluding hydrogens is 382 g/mol. The third-order valence-corrected chi connectivity index (χ3v) is 5.48. The highest BCUT2D eigenvalue weighted by molar-refractivity contribution is 5.97. The van der Waals surface area contributed by atoms with Crippen LogP contribution >= 0.6 is 0 Å². The number of esters is 1. The molecule has 6 heteroatoms. The predicted octanol–water partition coefficient (Wildman–Crippen LogP) is 3.60. The van der Waals surface area contributed by atoms with Crippen molar-refractivity contribution in [2.45, 2.75) is 44.6 Å².